The summed E-state index contributed by atoms with van der Waals surface area (Å²) < 4.78 is 11.0. The van der Waals surface area contributed by atoms with Crippen LogP contribution in [-0.4, -0.2) is 52.3 Å². The molecule has 1 amide bonds. The largest absolute Gasteiger partial charge is 0.493 e. The van der Waals surface area contributed by atoms with Crippen molar-refractivity contribution in [1.82, 2.24) is 16.0 Å². The van der Waals surface area contributed by atoms with E-state index < -0.39 is 5.41 Å². The maximum absolute atomic E-state index is 12.1. The molecule has 29 heavy (non-hydrogen) atoms. The van der Waals surface area contributed by atoms with Crippen LogP contribution in [0.5, 0.6) is 5.75 Å². The molecule has 0 radical (unpaired) electrons. The van der Waals surface area contributed by atoms with Gasteiger partial charge in [0.1, 0.15) is 5.75 Å². The van der Waals surface area contributed by atoms with Gasteiger partial charge in [-0.15, -0.1) is 24.0 Å². The zero-order valence-electron chi connectivity index (χ0n) is 18.6. The Kier molecular flexibility index (Phi) is 13.7. The van der Waals surface area contributed by atoms with E-state index >= 15 is 0 Å². The standard InChI is InChI=1S/C21H36N4O3.HI/c1-7-23-19(26)21(3,4)15-25-20(22-5)24-14-17-10-9-16(2)13-18(17)28-12-8-11-27-6;/h9-10,13H,7-8,11-12,14-15H2,1-6H3,(H,23,26)(H2,22,24,25);1H. The Morgan fingerprint density at radius 3 is 2.52 bits per heavy atom. The number of ether oxygens (including phenoxy) is 2. The zero-order chi connectivity index (χ0) is 21.0. The molecule has 0 aliphatic heterocycles. The second kappa shape index (κ2) is 14.4. The molecular weight excluding hydrogens is 483 g/mol. The fourth-order valence-corrected chi connectivity index (χ4v) is 2.51. The van der Waals surface area contributed by atoms with Gasteiger partial charge in [-0.25, -0.2) is 0 Å². The quantitative estimate of drug-likeness (QED) is 0.181. The second-order valence-corrected chi connectivity index (χ2v) is 7.33. The molecular formula is C21H37IN4O3. The molecule has 0 unspecified atom stereocenters. The first-order valence-electron chi connectivity index (χ1n) is 9.78. The molecule has 0 aromatic heterocycles. The van der Waals surface area contributed by atoms with Gasteiger partial charge in [-0.1, -0.05) is 12.1 Å². The molecule has 1 rings (SSSR count). The number of benzene rings is 1. The second-order valence-electron chi connectivity index (χ2n) is 7.33. The van der Waals surface area contributed by atoms with Crippen LogP contribution < -0.4 is 20.7 Å². The Labute approximate surface area is 192 Å². The van der Waals surface area contributed by atoms with Crippen molar-refractivity contribution in [3.8, 4) is 5.75 Å². The summed E-state index contributed by atoms with van der Waals surface area (Å²) in [7, 11) is 3.40. The minimum Gasteiger partial charge on any atom is -0.493 e. The maximum atomic E-state index is 12.1. The summed E-state index contributed by atoms with van der Waals surface area (Å²) in [5, 5.41) is 9.39. The van der Waals surface area contributed by atoms with Crippen LogP contribution >= 0.6 is 24.0 Å². The van der Waals surface area contributed by atoms with Gasteiger partial charge >= 0.3 is 0 Å². The molecule has 0 saturated carbocycles. The number of rotatable bonds is 11. The van der Waals surface area contributed by atoms with Crippen molar-refractivity contribution in [1.29, 1.82) is 0 Å². The van der Waals surface area contributed by atoms with Crippen molar-refractivity contribution in [2.75, 3.05) is 40.5 Å². The summed E-state index contributed by atoms with van der Waals surface area (Å²) in [6.07, 6.45) is 0.843. The minimum atomic E-state index is -0.535. The number of hydrogen-bond donors (Lipinski definition) is 3. The third kappa shape index (κ3) is 10.2. The van der Waals surface area contributed by atoms with Crippen LogP contribution in [0.15, 0.2) is 23.2 Å². The number of carbonyl (C=O) groups is 1. The third-order valence-electron chi connectivity index (χ3n) is 4.29. The smallest absolute Gasteiger partial charge is 0.227 e. The molecule has 1 aromatic rings. The molecule has 0 heterocycles. The van der Waals surface area contributed by atoms with Gasteiger partial charge in [0.15, 0.2) is 5.96 Å². The van der Waals surface area contributed by atoms with Crippen molar-refractivity contribution in [3.63, 3.8) is 0 Å². The maximum Gasteiger partial charge on any atom is 0.227 e. The summed E-state index contributed by atoms with van der Waals surface area (Å²) >= 11 is 0. The summed E-state index contributed by atoms with van der Waals surface area (Å²) in [6, 6.07) is 6.16. The zero-order valence-corrected chi connectivity index (χ0v) is 20.9. The molecule has 0 aliphatic carbocycles. The molecule has 1 aromatic carbocycles. The van der Waals surface area contributed by atoms with Crippen LogP contribution in [-0.2, 0) is 16.1 Å². The van der Waals surface area contributed by atoms with Gasteiger partial charge in [0, 0.05) is 52.4 Å². The van der Waals surface area contributed by atoms with Crippen LogP contribution in [0.2, 0.25) is 0 Å². The van der Waals surface area contributed by atoms with E-state index in [0.29, 0.717) is 38.8 Å². The highest BCUT2D eigenvalue weighted by Crippen LogP contribution is 2.20. The molecule has 0 aliphatic rings. The van der Waals surface area contributed by atoms with Gasteiger partial charge in [0.25, 0.3) is 0 Å². The highest BCUT2D eigenvalue weighted by atomic mass is 127. The van der Waals surface area contributed by atoms with E-state index in [2.05, 4.69) is 33.1 Å². The minimum absolute atomic E-state index is 0. The molecule has 0 saturated heterocycles. The van der Waals surface area contributed by atoms with Crippen LogP contribution in [0, 0.1) is 12.3 Å². The summed E-state index contributed by atoms with van der Waals surface area (Å²) in [5.41, 5.74) is 1.67. The highest BCUT2D eigenvalue weighted by Gasteiger charge is 2.27. The highest BCUT2D eigenvalue weighted by molar-refractivity contribution is 14.0. The Hall–Kier alpha value is -1.55. The number of amides is 1. The fraction of sp³-hybridized carbons (Fsp3) is 0.619. The number of aryl methyl sites for hydroxylation is 1. The van der Waals surface area contributed by atoms with Gasteiger partial charge < -0.3 is 25.4 Å². The topological polar surface area (TPSA) is 84.0 Å². The third-order valence-corrected chi connectivity index (χ3v) is 4.29. The first-order chi connectivity index (χ1) is 13.3. The SMILES string of the molecule is CCNC(=O)C(C)(C)CNC(=NC)NCc1ccc(C)cc1OCCCOC.I. The van der Waals surface area contributed by atoms with Crippen molar-refractivity contribution < 1.29 is 14.3 Å². The van der Waals surface area contributed by atoms with Gasteiger partial charge in [-0.2, -0.15) is 0 Å². The number of aliphatic imine (C=N–C) groups is 1. The average Bonchev–Trinajstić information content (AvgIpc) is 2.66. The normalized spacial score (nSPS) is 11.4. The van der Waals surface area contributed by atoms with E-state index in [4.69, 9.17) is 9.47 Å². The molecule has 0 atom stereocenters. The molecule has 0 fully saturated rings. The van der Waals surface area contributed by atoms with Gasteiger partial charge in [0.2, 0.25) is 5.91 Å². The first-order valence-corrected chi connectivity index (χ1v) is 9.78. The van der Waals surface area contributed by atoms with Crippen molar-refractivity contribution in [2.24, 2.45) is 10.4 Å². The number of halogens is 1. The van der Waals surface area contributed by atoms with E-state index in [9.17, 15) is 4.79 Å². The predicted octanol–water partition coefficient (Wildman–Crippen LogP) is 2.86. The first kappa shape index (κ1) is 27.5. The Balaban J connectivity index is 0.00000784. The lowest BCUT2D eigenvalue weighted by Gasteiger charge is -2.25. The summed E-state index contributed by atoms with van der Waals surface area (Å²) in [4.78, 5) is 16.4. The number of carbonyl (C=O) groups excluding carboxylic acids is 1. The van der Waals surface area contributed by atoms with Crippen LogP contribution in [0.3, 0.4) is 0 Å². The van der Waals surface area contributed by atoms with Gasteiger partial charge in [-0.05, 0) is 39.3 Å². The van der Waals surface area contributed by atoms with E-state index in [0.717, 1.165) is 23.3 Å². The van der Waals surface area contributed by atoms with Crippen LogP contribution in [0.4, 0.5) is 0 Å². The average molecular weight is 520 g/mol. The number of nitrogens with one attached hydrogen (secondary N) is 3. The summed E-state index contributed by atoms with van der Waals surface area (Å²) in [6.45, 7) is 10.7. The molecule has 3 N–H and O–H groups in total. The Morgan fingerprint density at radius 1 is 1.17 bits per heavy atom. The number of nitrogens with zero attached hydrogens (tertiary/aromatic N) is 1. The molecule has 0 spiro atoms. The van der Waals surface area contributed by atoms with E-state index in [1.54, 1.807) is 14.2 Å². The molecule has 7 nitrogen and oxygen atoms in total. The molecule has 166 valence electrons. The van der Waals surface area contributed by atoms with E-state index in [1.165, 1.54) is 0 Å². The fourth-order valence-electron chi connectivity index (χ4n) is 2.51. The van der Waals surface area contributed by atoms with Crippen molar-refractivity contribution in [3.05, 3.63) is 29.3 Å². The number of hydrogen-bond acceptors (Lipinski definition) is 4. The molecule has 0 bridgehead atoms. The molecule has 8 heteroatoms. The lowest BCUT2D eigenvalue weighted by Crippen LogP contribution is -2.47. The predicted molar refractivity (Wildman–Crippen MR) is 129 cm³/mol. The van der Waals surface area contributed by atoms with E-state index in [-0.39, 0.29) is 29.9 Å². The van der Waals surface area contributed by atoms with E-state index in [1.807, 2.05) is 33.8 Å². The summed E-state index contributed by atoms with van der Waals surface area (Å²) in [5.74, 6) is 1.52. The van der Waals surface area contributed by atoms with Crippen molar-refractivity contribution >= 4 is 35.8 Å². The van der Waals surface area contributed by atoms with Gasteiger partial charge in [-0.3, -0.25) is 9.79 Å². The lowest BCUT2D eigenvalue weighted by atomic mass is 9.92. The lowest BCUT2D eigenvalue weighted by molar-refractivity contribution is -0.128. The van der Waals surface area contributed by atoms with Crippen molar-refractivity contribution in [2.45, 2.75) is 40.7 Å². The number of guanidine groups is 1. The van der Waals surface area contributed by atoms with Gasteiger partial charge in [0.05, 0.1) is 12.0 Å². The Bertz CT molecular complexity index is 651. The van der Waals surface area contributed by atoms with Crippen LogP contribution in [0.25, 0.3) is 0 Å². The van der Waals surface area contributed by atoms with Crippen LogP contribution in [0.1, 0.15) is 38.3 Å². The monoisotopic (exact) mass is 520 g/mol. The Morgan fingerprint density at radius 2 is 1.90 bits per heavy atom. The number of methoxy groups -OCH3 is 1.